The van der Waals surface area contributed by atoms with Crippen molar-refractivity contribution in [2.75, 3.05) is 0 Å². The molecule has 0 bridgehead atoms. The summed E-state index contributed by atoms with van der Waals surface area (Å²) in [4.78, 5) is 8.59. The van der Waals surface area contributed by atoms with Crippen LogP contribution in [0.25, 0.3) is 11.3 Å². The van der Waals surface area contributed by atoms with Crippen LogP contribution in [-0.4, -0.2) is 24.9 Å². The maximum Gasteiger partial charge on any atom is 0.137 e. The molecule has 4 aromatic rings. The Morgan fingerprint density at radius 2 is 1.93 bits per heavy atom. The average molecular weight is 426 g/mol. The maximum absolute atomic E-state index is 14.7. The van der Waals surface area contributed by atoms with Gasteiger partial charge in [-0.1, -0.05) is 42.8 Å². The van der Waals surface area contributed by atoms with E-state index in [0.29, 0.717) is 5.01 Å². The molecule has 1 N–H and O–H groups in total. The fourth-order valence-corrected chi connectivity index (χ4v) is 4.38. The van der Waals surface area contributed by atoms with Gasteiger partial charge in [0.15, 0.2) is 0 Å². The first kappa shape index (κ1) is 20.3. The number of aryl methyl sites for hydroxylation is 1. The molecule has 0 radical (unpaired) electrons. The highest BCUT2D eigenvalue weighted by Gasteiger charge is 2.41. The van der Waals surface area contributed by atoms with E-state index in [0.717, 1.165) is 29.0 Å². The van der Waals surface area contributed by atoms with Crippen LogP contribution < -0.4 is 0 Å². The van der Waals surface area contributed by atoms with Gasteiger partial charge in [-0.25, -0.2) is 23.4 Å². The monoisotopic (exact) mass is 426 g/mol. The van der Waals surface area contributed by atoms with Gasteiger partial charge >= 0.3 is 0 Å². The lowest BCUT2D eigenvalue weighted by molar-refractivity contribution is -0.0112. The second-order valence-corrected chi connectivity index (χ2v) is 8.19. The molecule has 30 heavy (non-hydrogen) atoms. The first-order chi connectivity index (χ1) is 14.4. The predicted octanol–water partition coefficient (Wildman–Crippen LogP) is 4.68. The van der Waals surface area contributed by atoms with Crippen LogP contribution in [0, 0.1) is 18.6 Å². The van der Waals surface area contributed by atoms with Gasteiger partial charge in [-0.05, 0) is 13.0 Å². The van der Waals surface area contributed by atoms with Crippen molar-refractivity contribution in [2.24, 2.45) is 0 Å². The minimum absolute atomic E-state index is 0.0148. The molecule has 0 saturated carbocycles. The summed E-state index contributed by atoms with van der Waals surface area (Å²) in [5, 5.41) is 18.3. The van der Waals surface area contributed by atoms with E-state index in [-0.39, 0.29) is 12.1 Å². The Kier molecular flexibility index (Phi) is 5.44. The highest BCUT2D eigenvalue weighted by Crippen LogP contribution is 2.41. The average Bonchev–Trinajstić information content (AvgIpc) is 3.40. The van der Waals surface area contributed by atoms with Gasteiger partial charge < -0.3 is 5.11 Å². The fourth-order valence-electron chi connectivity index (χ4n) is 3.40. The van der Waals surface area contributed by atoms with Crippen molar-refractivity contribution in [3.8, 4) is 11.3 Å². The molecular formula is C22H20F2N4OS. The second kappa shape index (κ2) is 8.04. The lowest BCUT2D eigenvalue weighted by Gasteiger charge is -2.33. The third-order valence-corrected chi connectivity index (χ3v) is 6.25. The molecule has 0 aliphatic carbocycles. The normalized spacial score (nSPS) is 14.4. The Morgan fingerprint density at radius 3 is 2.60 bits per heavy atom. The summed E-state index contributed by atoms with van der Waals surface area (Å²) >= 11 is 1.39. The number of halogens is 2. The van der Waals surface area contributed by atoms with E-state index in [2.05, 4.69) is 10.1 Å². The molecule has 2 atom stereocenters. The highest BCUT2D eigenvalue weighted by molar-refractivity contribution is 7.10. The quantitative estimate of drug-likeness (QED) is 0.486. The van der Waals surface area contributed by atoms with Crippen molar-refractivity contribution in [2.45, 2.75) is 31.9 Å². The van der Waals surface area contributed by atoms with Crippen molar-refractivity contribution in [3.05, 3.63) is 88.3 Å². The topological polar surface area (TPSA) is 63.8 Å². The zero-order valence-electron chi connectivity index (χ0n) is 16.5. The van der Waals surface area contributed by atoms with Crippen LogP contribution in [0.3, 0.4) is 0 Å². The Morgan fingerprint density at radius 1 is 1.17 bits per heavy atom. The Balaban J connectivity index is 1.74. The molecule has 0 saturated heterocycles. The maximum atomic E-state index is 14.7. The van der Waals surface area contributed by atoms with E-state index in [9.17, 15) is 13.9 Å². The molecule has 0 fully saturated rings. The Bertz CT molecular complexity index is 1140. The molecule has 0 amide bonds. The van der Waals surface area contributed by atoms with Crippen molar-refractivity contribution in [1.82, 2.24) is 19.7 Å². The molecule has 0 unspecified atom stereocenters. The first-order valence-electron chi connectivity index (χ1n) is 9.39. The van der Waals surface area contributed by atoms with Crippen LogP contribution >= 0.6 is 11.3 Å². The molecular weight excluding hydrogens is 406 g/mol. The molecule has 0 aliphatic heterocycles. The molecule has 8 heteroatoms. The number of hydrogen-bond donors (Lipinski definition) is 1. The Labute approximate surface area is 176 Å². The van der Waals surface area contributed by atoms with Crippen LogP contribution in [-0.2, 0) is 12.1 Å². The van der Waals surface area contributed by atoms with Crippen LogP contribution in [0.4, 0.5) is 8.78 Å². The summed E-state index contributed by atoms with van der Waals surface area (Å²) in [6, 6.07) is 11.2. The zero-order valence-corrected chi connectivity index (χ0v) is 17.3. The third kappa shape index (κ3) is 3.88. The third-order valence-electron chi connectivity index (χ3n) is 5.22. The molecule has 4 rings (SSSR count). The van der Waals surface area contributed by atoms with E-state index < -0.39 is 23.2 Å². The van der Waals surface area contributed by atoms with Gasteiger partial charge in [0, 0.05) is 28.5 Å². The summed E-state index contributed by atoms with van der Waals surface area (Å²) in [5.74, 6) is -2.12. The van der Waals surface area contributed by atoms with E-state index in [1.165, 1.54) is 34.7 Å². The van der Waals surface area contributed by atoms with Crippen molar-refractivity contribution < 1.29 is 13.9 Å². The number of aliphatic hydroxyl groups is 1. The van der Waals surface area contributed by atoms with Crippen LogP contribution in [0.2, 0.25) is 0 Å². The lowest BCUT2D eigenvalue weighted by Crippen LogP contribution is -2.38. The zero-order chi connectivity index (χ0) is 21.3. The number of thiazole rings is 1. The smallest absolute Gasteiger partial charge is 0.137 e. The van der Waals surface area contributed by atoms with E-state index in [1.54, 1.807) is 6.92 Å². The summed E-state index contributed by atoms with van der Waals surface area (Å²) in [7, 11) is 0. The highest BCUT2D eigenvalue weighted by atomic mass is 32.1. The number of aromatic nitrogens is 4. The number of nitrogens with zero attached hydrogens (tertiary/aromatic N) is 4. The van der Waals surface area contributed by atoms with Gasteiger partial charge in [-0.2, -0.15) is 5.10 Å². The second-order valence-electron chi connectivity index (χ2n) is 7.30. The van der Waals surface area contributed by atoms with Gasteiger partial charge in [0.1, 0.15) is 29.9 Å². The molecule has 2 aromatic heterocycles. The number of hydrogen-bond acceptors (Lipinski definition) is 5. The molecule has 5 nitrogen and oxygen atoms in total. The van der Waals surface area contributed by atoms with Crippen molar-refractivity contribution in [1.29, 1.82) is 0 Å². The van der Waals surface area contributed by atoms with Gasteiger partial charge in [-0.3, -0.25) is 0 Å². The first-order valence-corrected chi connectivity index (χ1v) is 10.3. The minimum Gasteiger partial charge on any atom is -0.382 e. The van der Waals surface area contributed by atoms with E-state index in [4.69, 9.17) is 4.98 Å². The van der Waals surface area contributed by atoms with Crippen molar-refractivity contribution >= 4 is 11.3 Å². The standard InChI is InChI=1S/C22H20F2N4OS/c1-14-3-5-16(6-4-14)20-10-30-21(27-20)15(2)22(29,11-28-13-25-12-26-28)18-8-7-17(23)9-19(18)24/h3-10,12-13,15,29H,11H2,1-2H3/t15-,22+/m0/s1. The van der Waals surface area contributed by atoms with Gasteiger partial charge in [-0.15, -0.1) is 11.3 Å². The van der Waals surface area contributed by atoms with Crippen LogP contribution in [0.15, 0.2) is 60.5 Å². The fraction of sp³-hybridized carbons (Fsp3) is 0.227. The largest absolute Gasteiger partial charge is 0.382 e. The van der Waals surface area contributed by atoms with Crippen LogP contribution in [0.1, 0.15) is 29.0 Å². The summed E-state index contributed by atoms with van der Waals surface area (Å²) in [6.07, 6.45) is 2.78. The predicted molar refractivity (Wildman–Crippen MR) is 111 cm³/mol. The SMILES string of the molecule is Cc1ccc(-c2csc([C@H](C)[C@](O)(Cn3cncn3)c3ccc(F)cc3F)n2)cc1. The minimum atomic E-state index is -1.71. The summed E-state index contributed by atoms with van der Waals surface area (Å²) < 4.78 is 29.6. The molecule has 2 heterocycles. The van der Waals surface area contributed by atoms with Gasteiger partial charge in [0.25, 0.3) is 0 Å². The van der Waals surface area contributed by atoms with E-state index >= 15 is 0 Å². The van der Waals surface area contributed by atoms with Gasteiger partial charge in [0.2, 0.25) is 0 Å². The number of benzene rings is 2. The van der Waals surface area contributed by atoms with E-state index in [1.807, 2.05) is 36.6 Å². The summed E-state index contributed by atoms with van der Waals surface area (Å²) in [6.45, 7) is 3.73. The molecule has 0 aliphatic rings. The number of rotatable bonds is 6. The lowest BCUT2D eigenvalue weighted by atomic mass is 9.82. The van der Waals surface area contributed by atoms with Crippen LogP contribution in [0.5, 0.6) is 0 Å². The molecule has 2 aromatic carbocycles. The summed E-state index contributed by atoms with van der Waals surface area (Å²) in [5.41, 5.74) is 1.16. The Hall–Kier alpha value is -2.97. The molecule has 154 valence electrons. The molecule has 0 spiro atoms. The van der Waals surface area contributed by atoms with Crippen molar-refractivity contribution in [3.63, 3.8) is 0 Å². The van der Waals surface area contributed by atoms with Gasteiger partial charge in [0.05, 0.1) is 17.2 Å².